The third kappa shape index (κ3) is 3.99. The highest BCUT2D eigenvalue weighted by atomic mass is 16.5. The fraction of sp³-hybridized carbons (Fsp3) is 0.429. The van der Waals surface area contributed by atoms with Crippen LogP contribution in [0.2, 0.25) is 0 Å². The first-order chi connectivity index (χ1) is 13.2. The number of hydrogen-bond acceptors (Lipinski definition) is 6. The molecule has 6 nitrogen and oxygen atoms in total. The Labute approximate surface area is 159 Å². The Morgan fingerprint density at radius 1 is 1.04 bits per heavy atom. The lowest BCUT2D eigenvalue weighted by Gasteiger charge is -2.21. The maximum Gasteiger partial charge on any atom is 0.242 e. The van der Waals surface area contributed by atoms with Gasteiger partial charge in [-0.1, -0.05) is 19.3 Å². The maximum absolute atomic E-state index is 6.14. The molecule has 3 heterocycles. The van der Waals surface area contributed by atoms with Gasteiger partial charge in [0, 0.05) is 38.2 Å². The zero-order chi connectivity index (χ0) is 18.6. The maximum atomic E-state index is 6.14. The van der Waals surface area contributed by atoms with Crippen molar-refractivity contribution in [3.8, 4) is 17.1 Å². The number of nitrogens with zero attached hydrogens (tertiary/aromatic N) is 5. The van der Waals surface area contributed by atoms with Crippen LogP contribution in [-0.4, -0.2) is 40.6 Å². The topological polar surface area (TPSA) is 64.0 Å². The summed E-state index contributed by atoms with van der Waals surface area (Å²) >= 11 is 0. The zero-order valence-electron chi connectivity index (χ0n) is 15.9. The van der Waals surface area contributed by atoms with E-state index in [0.717, 1.165) is 28.1 Å². The number of pyridine rings is 2. The van der Waals surface area contributed by atoms with Crippen molar-refractivity contribution in [2.45, 2.75) is 32.1 Å². The Kier molecular flexibility index (Phi) is 5.14. The van der Waals surface area contributed by atoms with Gasteiger partial charge in [-0.25, -0.2) is 15.0 Å². The molecule has 1 saturated carbocycles. The van der Waals surface area contributed by atoms with Gasteiger partial charge in [-0.3, -0.25) is 4.98 Å². The molecule has 140 valence electrons. The van der Waals surface area contributed by atoms with E-state index in [-0.39, 0.29) is 0 Å². The molecule has 0 aromatic carbocycles. The quantitative estimate of drug-likeness (QED) is 0.680. The molecule has 0 aliphatic heterocycles. The summed E-state index contributed by atoms with van der Waals surface area (Å²) in [4.78, 5) is 20.1. The molecular formula is C21H25N5O. The summed E-state index contributed by atoms with van der Waals surface area (Å²) in [5.41, 5.74) is 3.25. The van der Waals surface area contributed by atoms with E-state index < -0.39 is 0 Å². The Hall–Kier alpha value is -2.76. The first-order valence-corrected chi connectivity index (χ1v) is 9.59. The van der Waals surface area contributed by atoms with Gasteiger partial charge in [0.1, 0.15) is 5.82 Å². The molecule has 27 heavy (non-hydrogen) atoms. The SMILES string of the molecule is CN(C)c1ccc(-c2cc3nccnc3c(OCC3CCCCC3)n2)cn1. The van der Waals surface area contributed by atoms with E-state index in [0.29, 0.717) is 18.4 Å². The van der Waals surface area contributed by atoms with Crippen LogP contribution in [0.4, 0.5) is 5.82 Å². The van der Waals surface area contributed by atoms with Crippen molar-refractivity contribution in [3.05, 3.63) is 36.8 Å². The van der Waals surface area contributed by atoms with Crippen molar-refractivity contribution in [1.29, 1.82) is 0 Å². The number of anilines is 1. The molecule has 0 bridgehead atoms. The van der Waals surface area contributed by atoms with Crippen molar-refractivity contribution >= 4 is 16.9 Å². The smallest absolute Gasteiger partial charge is 0.242 e. The number of fused-ring (bicyclic) bond motifs is 1. The predicted molar refractivity (Wildman–Crippen MR) is 107 cm³/mol. The number of ether oxygens (including phenoxy) is 1. The fourth-order valence-electron chi connectivity index (χ4n) is 3.54. The standard InChI is InChI=1S/C21H25N5O/c1-26(2)19-9-8-16(13-24-19)17-12-18-20(23-11-10-22-18)21(25-17)27-14-15-6-4-3-5-7-15/h8-13,15H,3-7,14H2,1-2H3. The van der Waals surface area contributed by atoms with Gasteiger partial charge in [-0.05, 0) is 37.0 Å². The first-order valence-electron chi connectivity index (χ1n) is 9.59. The van der Waals surface area contributed by atoms with Gasteiger partial charge in [-0.15, -0.1) is 0 Å². The van der Waals surface area contributed by atoms with Crippen molar-refractivity contribution in [2.75, 3.05) is 25.6 Å². The minimum Gasteiger partial charge on any atom is -0.476 e. The van der Waals surface area contributed by atoms with E-state index in [2.05, 4.69) is 15.0 Å². The molecule has 0 amide bonds. The molecule has 0 N–H and O–H groups in total. The van der Waals surface area contributed by atoms with E-state index in [1.54, 1.807) is 12.4 Å². The molecule has 1 aliphatic rings. The largest absolute Gasteiger partial charge is 0.476 e. The monoisotopic (exact) mass is 363 g/mol. The lowest BCUT2D eigenvalue weighted by molar-refractivity contribution is 0.205. The second-order valence-electron chi connectivity index (χ2n) is 7.35. The van der Waals surface area contributed by atoms with E-state index in [1.807, 2.05) is 43.4 Å². The van der Waals surface area contributed by atoms with Crippen molar-refractivity contribution in [2.24, 2.45) is 5.92 Å². The Balaban J connectivity index is 1.65. The van der Waals surface area contributed by atoms with Crippen LogP contribution in [0, 0.1) is 5.92 Å². The highest BCUT2D eigenvalue weighted by molar-refractivity contribution is 5.83. The van der Waals surface area contributed by atoms with Crippen molar-refractivity contribution < 1.29 is 4.74 Å². The molecule has 6 heteroatoms. The molecule has 0 unspecified atom stereocenters. The van der Waals surface area contributed by atoms with Crippen LogP contribution < -0.4 is 9.64 Å². The summed E-state index contributed by atoms with van der Waals surface area (Å²) in [5.74, 6) is 2.09. The molecule has 3 aromatic rings. The van der Waals surface area contributed by atoms with Gasteiger partial charge in [0.25, 0.3) is 0 Å². The Morgan fingerprint density at radius 2 is 1.85 bits per heavy atom. The molecule has 1 aliphatic carbocycles. The van der Waals surface area contributed by atoms with Gasteiger partial charge in [-0.2, -0.15) is 0 Å². The van der Waals surface area contributed by atoms with Crippen LogP contribution in [0.3, 0.4) is 0 Å². The molecule has 0 radical (unpaired) electrons. The highest BCUT2D eigenvalue weighted by Crippen LogP contribution is 2.29. The van der Waals surface area contributed by atoms with Gasteiger partial charge in [0.2, 0.25) is 5.88 Å². The molecule has 0 saturated heterocycles. The van der Waals surface area contributed by atoms with Crippen LogP contribution in [0.5, 0.6) is 5.88 Å². The van der Waals surface area contributed by atoms with Gasteiger partial charge in [0.15, 0.2) is 5.52 Å². The second-order valence-corrected chi connectivity index (χ2v) is 7.35. The summed E-state index contributed by atoms with van der Waals surface area (Å²) in [7, 11) is 3.95. The van der Waals surface area contributed by atoms with Gasteiger partial charge >= 0.3 is 0 Å². The summed E-state index contributed by atoms with van der Waals surface area (Å²) in [6, 6.07) is 5.96. The summed E-state index contributed by atoms with van der Waals surface area (Å²) < 4.78 is 6.14. The average Bonchev–Trinajstić information content (AvgIpc) is 2.72. The molecule has 3 aromatic heterocycles. The van der Waals surface area contributed by atoms with Gasteiger partial charge < -0.3 is 9.64 Å². The third-order valence-electron chi connectivity index (χ3n) is 5.11. The van der Waals surface area contributed by atoms with E-state index in [4.69, 9.17) is 9.72 Å². The third-order valence-corrected chi connectivity index (χ3v) is 5.11. The van der Waals surface area contributed by atoms with E-state index in [1.165, 1.54) is 32.1 Å². The van der Waals surface area contributed by atoms with E-state index >= 15 is 0 Å². The molecular weight excluding hydrogens is 338 g/mol. The molecule has 4 rings (SSSR count). The van der Waals surface area contributed by atoms with Crippen LogP contribution in [0.25, 0.3) is 22.3 Å². The van der Waals surface area contributed by atoms with Crippen LogP contribution in [0.15, 0.2) is 36.8 Å². The fourth-order valence-corrected chi connectivity index (χ4v) is 3.54. The lowest BCUT2D eigenvalue weighted by Crippen LogP contribution is -2.16. The Morgan fingerprint density at radius 3 is 2.59 bits per heavy atom. The summed E-state index contributed by atoms with van der Waals surface area (Å²) in [6.07, 6.45) is 11.6. The average molecular weight is 363 g/mol. The molecule has 0 spiro atoms. The first kappa shape index (κ1) is 17.6. The van der Waals surface area contributed by atoms with Gasteiger partial charge in [0.05, 0.1) is 17.8 Å². The lowest BCUT2D eigenvalue weighted by atomic mass is 9.90. The summed E-state index contributed by atoms with van der Waals surface area (Å²) in [5, 5.41) is 0. The van der Waals surface area contributed by atoms with Crippen LogP contribution >= 0.6 is 0 Å². The number of hydrogen-bond donors (Lipinski definition) is 0. The minimum absolute atomic E-state index is 0.567. The van der Waals surface area contributed by atoms with E-state index in [9.17, 15) is 0 Å². The van der Waals surface area contributed by atoms with Crippen molar-refractivity contribution in [3.63, 3.8) is 0 Å². The summed E-state index contributed by atoms with van der Waals surface area (Å²) in [6.45, 7) is 0.694. The van der Waals surface area contributed by atoms with Crippen molar-refractivity contribution in [1.82, 2.24) is 19.9 Å². The number of rotatable bonds is 5. The number of aromatic nitrogens is 4. The minimum atomic E-state index is 0.567. The highest BCUT2D eigenvalue weighted by Gasteiger charge is 2.17. The second kappa shape index (κ2) is 7.86. The zero-order valence-corrected chi connectivity index (χ0v) is 15.9. The normalized spacial score (nSPS) is 15.0. The van der Waals surface area contributed by atoms with Crippen LogP contribution in [0.1, 0.15) is 32.1 Å². The molecule has 0 atom stereocenters. The Bertz CT molecular complexity index is 904. The predicted octanol–water partition coefficient (Wildman–Crippen LogP) is 4.11. The molecule has 1 fully saturated rings. The van der Waals surface area contributed by atoms with Crippen LogP contribution in [-0.2, 0) is 0 Å².